The Kier molecular flexibility index (Phi) is 9.84. The third kappa shape index (κ3) is 7.44. The average Bonchev–Trinajstić information content (AvgIpc) is 2.97. The largest absolute Gasteiger partial charge is 0.417 e. The van der Waals surface area contributed by atoms with Crippen molar-refractivity contribution in [3.63, 3.8) is 0 Å². The number of nitrogens with zero attached hydrogens (tertiary/aromatic N) is 1. The molecule has 3 unspecified atom stereocenters. The van der Waals surface area contributed by atoms with E-state index in [4.69, 9.17) is 9.81 Å². The van der Waals surface area contributed by atoms with Gasteiger partial charge in [-0.15, -0.1) is 0 Å². The molecule has 222 valence electrons. The van der Waals surface area contributed by atoms with Crippen molar-refractivity contribution in [3.8, 4) is 17.2 Å². The van der Waals surface area contributed by atoms with Crippen LogP contribution in [0.15, 0.2) is 66.7 Å². The van der Waals surface area contributed by atoms with Crippen molar-refractivity contribution in [2.45, 2.75) is 63.3 Å². The highest BCUT2D eigenvalue weighted by Gasteiger charge is 2.44. The van der Waals surface area contributed by atoms with Crippen LogP contribution < -0.4 is 10.0 Å². The summed E-state index contributed by atoms with van der Waals surface area (Å²) in [6, 6.07) is 18.9. The summed E-state index contributed by atoms with van der Waals surface area (Å²) >= 11 is -2.15. The van der Waals surface area contributed by atoms with E-state index in [0.717, 1.165) is 48.1 Å². The summed E-state index contributed by atoms with van der Waals surface area (Å²) < 4.78 is 63.2. The molecule has 0 saturated heterocycles. The molecule has 0 spiro atoms. The summed E-state index contributed by atoms with van der Waals surface area (Å²) in [6.07, 6.45) is -0.962. The molecule has 1 aliphatic carbocycles. The van der Waals surface area contributed by atoms with Crippen molar-refractivity contribution >= 4 is 22.9 Å². The summed E-state index contributed by atoms with van der Waals surface area (Å²) in [6.45, 7) is 1.77. The molecule has 3 aromatic carbocycles. The molecule has 0 radical (unpaired) electrons. The Morgan fingerprint density at radius 1 is 1.05 bits per heavy atom. The lowest BCUT2D eigenvalue weighted by atomic mass is 9.73. The first kappa shape index (κ1) is 31.4. The maximum absolute atomic E-state index is 13.6. The van der Waals surface area contributed by atoms with Crippen LogP contribution in [0.2, 0.25) is 0 Å². The number of hydrogen-bond donors (Lipinski definition) is 4. The Morgan fingerprint density at radius 3 is 2.36 bits per heavy atom. The van der Waals surface area contributed by atoms with Crippen LogP contribution in [-0.2, 0) is 28.7 Å². The van der Waals surface area contributed by atoms with Gasteiger partial charge >= 0.3 is 6.18 Å². The van der Waals surface area contributed by atoms with Gasteiger partial charge in [-0.25, -0.2) is 8.93 Å². The number of hydrogen-bond acceptors (Lipinski definition) is 4. The third-order valence-corrected chi connectivity index (χ3v) is 8.35. The van der Waals surface area contributed by atoms with Gasteiger partial charge < -0.3 is 10.4 Å². The predicted molar refractivity (Wildman–Crippen MR) is 154 cm³/mol. The smallest absolute Gasteiger partial charge is 0.379 e. The fourth-order valence-corrected chi connectivity index (χ4v) is 5.98. The predicted octanol–water partition coefficient (Wildman–Crippen LogP) is 6.52. The standard InChI is InChI=1S/C31H32F3N3O4S/c1-20(37-42(40)41)22-10-12-23(13-11-22)24-7-5-6-21(16-24)18-30(39,26-8-3-2-4-9-26)29(38)36-27-15-14-25(19-35)28(17-27)31(32,33)34/h5-7,10-17,20,26,37,39H,2-4,8-9,18H2,1H3,(H,36,38)(H,40,41). The van der Waals surface area contributed by atoms with Crippen LogP contribution in [0.5, 0.6) is 0 Å². The minimum atomic E-state index is -4.78. The first-order valence-corrected chi connectivity index (χ1v) is 14.7. The van der Waals surface area contributed by atoms with Crippen molar-refractivity contribution < 1.29 is 31.8 Å². The minimum absolute atomic E-state index is 0.0406. The molecule has 3 atom stereocenters. The number of aliphatic hydroxyl groups is 1. The van der Waals surface area contributed by atoms with Gasteiger partial charge in [0.05, 0.1) is 17.2 Å². The Labute approximate surface area is 245 Å². The third-order valence-electron chi connectivity index (χ3n) is 7.80. The van der Waals surface area contributed by atoms with Crippen molar-refractivity contribution in [1.29, 1.82) is 5.26 Å². The molecule has 1 fully saturated rings. The number of benzene rings is 3. The molecule has 0 bridgehead atoms. The lowest BCUT2D eigenvalue weighted by molar-refractivity contribution is -0.142. The average molecular weight is 600 g/mol. The molecule has 0 heterocycles. The van der Waals surface area contributed by atoms with Crippen LogP contribution in [0.1, 0.15) is 67.3 Å². The molecule has 4 rings (SSSR count). The van der Waals surface area contributed by atoms with Gasteiger partial charge in [-0.05, 0) is 66.1 Å². The number of alkyl halides is 3. The van der Waals surface area contributed by atoms with Crippen LogP contribution in [0.4, 0.5) is 18.9 Å². The van der Waals surface area contributed by atoms with Crippen LogP contribution >= 0.6 is 0 Å². The molecule has 1 amide bonds. The molecule has 1 aliphatic rings. The molecular weight excluding hydrogens is 567 g/mol. The van der Waals surface area contributed by atoms with E-state index in [1.54, 1.807) is 13.0 Å². The number of carbonyl (C=O) groups is 1. The highest BCUT2D eigenvalue weighted by molar-refractivity contribution is 7.77. The van der Waals surface area contributed by atoms with Gasteiger partial charge in [0.1, 0.15) is 5.60 Å². The zero-order valence-corrected chi connectivity index (χ0v) is 23.8. The topological polar surface area (TPSA) is 122 Å². The fourth-order valence-electron chi connectivity index (χ4n) is 5.54. The zero-order valence-electron chi connectivity index (χ0n) is 22.9. The van der Waals surface area contributed by atoms with Crippen LogP contribution in [0.3, 0.4) is 0 Å². The summed E-state index contributed by atoms with van der Waals surface area (Å²) in [7, 11) is 0. The van der Waals surface area contributed by atoms with Gasteiger partial charge in [0.15, 0.2) is 0 Å². The Balaban J connectivity index is 1.61. The van der Waals surface area contributed by atoms with Gasteiger partial charge in [0, 0.05) is 18.2 Å². The van der Waals surface area contributed by atoms with E-state index in [1.165, 1.54) is 12.1 Å². The van der Waals surface area contributed by atoms with Gasteiger partial charge in [-0.1, -0.05) is 67.8 Å². The number of rotatable bonds is 9. The molecule has 4 N–H and O–H groups in total. The number of amides is 1. The van der Waals surface area contributed by atoms with E-state index < -0.39 is 40.1 Å². The summed E-state index contributed by atoms with van der Waals surface area (Å²) in [5.41, 5.74) is -0.545. The lowest BCUT2D eigenvalue weighted by Crippen LogP contribution is -2.51. The van der Waals surface area contributed by atoms with Gasteiger partial charge in [-0.2, -0.15) is 18.4 Å². The maximum atomic E-state index is 13.6. The molecule has 0 aromatic heterocycles. The van der Waals surface area contributed by atoms with E-state index in [-0.39, 0.29) is 24.1 Å². The number of anilines is 1. The molecule has 11 heteroatoms. The van der Waals surface area contributed by atoms with E-state index in [2.05, 4.69) is 10.0 Å². The minimum Gasteiger partial charge on any atom is -0.379 e. The molecule has 42 heavy (non-hydrogen) atoms. The van der Waals surface area contributed by atoms with E-state index in [0.29, 0.717) is 18.4 Å². The molecular formula is C31H32F3N3O4S. The number of nitrogens with one attached hydrogen (secondary N) is 2. The van der Waals surface area contributed by atoms with E-state index in [1.807, 2.05) is 42.5 Å². The maximum Gasteiger partial charge on any atom is 0.417 e. The lowest BCUT2D eigenvalue weighted by Gasteiger charge is -2.37. The van der Waals surface area contributed by atoms with Crippen LogP contribution in [-0.4, -0.2) is 25.4 Å². The van der Waals surface area contributed by atoms with E-state index in [9.17, 15) is 27.3 Å². The molecule has 3 aromatic rings. The second-order valence-electron chi connectivity index (χ2n) is 10.7. The second kappa shape index (κ2) is 13.2. The Morgan fingerprint density at radius 2 is 1.74 bits per heavy atom. The van der Waals surface area contributed by atoms with Gasteiger partial charge in [-0.3, -0.25) is 9.35 Å². The normalized spacial score (nSPS) is 17.1. The van der Waals surface area contributed by atoms with Crippen LogP contribution in [0.25, 0.3) is 11.1 Å². The summed E-state index contributed by atoms with van der Waals surface area (Å²) in [5, 5.41) is 23.5. The van der Waals surface area contributed by atoms with Crippen molar-refractivity contribution in [2.24, 2.45) is 5.92 Å². The second-order valence-corrected chi connectivity index (χ2v) is 11.4. The number of carbonyl (C=O) groups excluding carboxylic acids is 1. The van der Waals surface area contributed by atoms with Crippen molar-refractivity contribution in [1.82, 2.24) is 4.72 Å². The van der Waals surface area contributed by atoms with Gasteiger partial charge in [0.25, 0.3) is 5.91 Å². The number of nitriles is 1. The highest BCUT2D eigenvalue weighted by Crippen LogP contribution is 2.38. The quantitative estimate of drug-likeness (QED) is 0.209. The fraction of sp³-hybridized carbons (Fsp3) is 0.355. The van der Waals surface area contributed by atoms with Crippen molar-refractivity contribution in [3.05, 3.63) is 89.0 Å². The summed E-state index contributed by atoms with van der Waals surface area (Å²) in [5.74, 6) is -1.18. The Hall–Kier alpha value is -3.56. The van der Waals surface area contributed by atoms with Crippen LogP contribution in [0, 0.1) is 17.2 Å². The summed E-state index contributed by atoms with van der Waals surface area (Å²) in [4.78, 5) is 13.6. The number of halogens is 3. The zero-order chi connectivity index (χ0) is 30.5. The molecule has 7 nitrogen and oxygen atoms in total. The van der Waals surface area contributed by atoms with Gasteiger partial charge in [0.2, 0.25) is 11.3 Å². The first-order chi connectivity index (χ1) is 19.9. The van der Waals surface area contributed by atoms with Crippen molar-refractivity contribution in [2.75, 3.05) is 5.32 Å². The molecule has 1 saturated carbocycles. The SMILES string of the molecule is CC(NS(=O)O)c1ccc(-c2cccc(CC(O)(C(=O)Nc3ccc(C#N)c(C(F)(F)F)c3)C3CCCCC3)c2)cc1. The monoisotopic (exact) mass is 599 g/mol. The molecule has 0 aliphatic heterocycles. The Bertz CT molecular complexity index is 1480. The first-order valence-electron chi connectivity index (χ1n) is 13.6. The highest BCUT2D eigenvalue weighted by atomic mass is 32.2. The van der Waals surface area contributed by atoms with E-state index >= 15 is 0 Å².